The van der Waals surface area contributed by atoms with Crippen molar-refractivity contribution in [1.29, 1.82) is 0 Å². The van der Waals surface area contributed by atoms with Gasteiger partial charge in [0, 0.05) is 32.2 Å². The zero-order chi connectivity index (χ0) is 11.8. The molecular formula is C13H23N3O. The lowest BCUT2D eigenvalue weighted by molar-refractivity contribution is -0.138. The van der Waals surface area contributed by atoms with Crippen LogP contribution in [0.4, 0.5) is 0 Å². The van der Waals surface area contributed by atoms with Gasteiger partial charge in [0.05, 0.1) is 5.92 Å². The Hall–Kier alpha value is -0.610. The molecule has 3 rings (SSSR count). The minimum atomic E-state index is 0.225. The third kappa shape index (κ3) is 2.08. The van der Waals surface area contributed by atoms with Crippen molar-refractivity contribution < 1.29 is 4.79 Å². The SMILES string of the molecule is CC1CNCC1C(=O)N1CCN2CCCC2C1. The minimum Gasteiger partial charge on any atom is -0.340 e. The number of rotatable bonds is 1. The van der Waals surface area contributed by atoms with E-state index in [0.717, 1.165) is 32.7 Å². The Kier molecular flexibility index (Phi) is 3.09. The number of nitrogens with one attached hydrogen (secondary N) is 1. The van der Waals surface area contributed by atoms with Gasteiger partial charge in [0.1, 0.15) is 0 Å². The van der Waals surface area contributed by atoms with Gasteiger partial charge in [0.2, 0.25) is 5.91 Å². The molecule has 0 radical (unpaired) electrons. The average molecular weight is 237 g/mol. The van der Waals surface area contributed by atoms with Crippen molar-refractivity contribution >= 4 is 5.91 Å². The number of piperazine rings is 1. The summed E-state index contributed by atoms with van der Waals surface area (Å²) >= 11 is 0. The summed E-state index contributed by atoms with van der Waals surface area (Å²) in [5.41, 5.74) is 0. The third-order valence-electron chi connectivity index (χ3n) is 4.73. The molecule has 3 aliphatic heterocycles. The number of nitrogens with zero attached hydrogens (tertiary/aromatic N) is 2. The maximum Gasteiger partial charge on any atom is 0.227 e. The van der Waals surface area contributed by atoms with E-state index in [0.29, 0.717) is 17.9 Å². The predicted octanol–water partition coefficient (Wildman–Crippen LogP) is 0.149. The van der Waals surface area contributed by atoms with E-state index in [1.165, 1.54) is 19.4 Å². The van der Waals surface area contributed by atoms with Gasteiger partial charge in [-0.2, -0.15) is 0 Å². The normalized spacial score (nSPS) is 38.4. The zero-order valence-corrected chi connectivity index (χ0v) is 10.7. The number of carbonyl (C=O) groups is 1. The van der Waals surface area contributed by atoms with Crippen molar-refractivity contribution in [3.05, 3.63) is 0 Å². The van der Waals surface area contributed by atoms with Crippen LogP contribution in [0, 0.1) is 11.8 Å². The number of hydrogen-bond donors (Lipinski definition) is 1. The topological polar surface area (TPSA) is 35.6 Å². The monoisotopic (exact) mass is 237 g/mol. The van der Waals surface area contributed by atoms with Crippen LogP contribution in [0.15, 0.2) is 0 Å². The Morgan fingerprint density at radius 3 is 2.88 bits per heavy atom. The number of hydrogen-bond acceptors (Lipinski definition) is 3. The highest BCUT2D eigenvalue weighted by molar-refractivity contribution is 5.80. The zero-order valence-electron chi connectivity index (χ0n) is 10.7. The molecule has 0 bridgehead atoms. The van der Waals surface area contributed by atoms with Crippen LogP contribution in [0.5, 0.6) is 0 Å². The van der Waals surface area contributed by atoms with Crippen LogP contribution in [0.3, 0.4) is 0 Å². The fraction of sp³-hybridized carbons (Fsp3) is 0.923. The molecule has 0 aromatic carbocycles. The molecule has 0 saturated carbocycles. The van der Waals surface area contributed by atoms with E-state index in [1.54, 1.807) is 0 Å². The summed E-state index contributed by atoms with van der Waals surface area (Å²) in [6, 6.07) is 0.650. The van der Waals surface area contributed by atoms with Gasteiger partial charge in [0.15, 0.2) is 0 Å². The highest BCUT2D eigenvalue weighted by atomic mass is 16.2. The lowest BCUT2D eigenvalue weighted by Crippen LogP contribution is -2.54. The highest BCUT2D eigenvalue weighted by Gasteiger charge is 2.37. The van der Waals surface area contributed by atoms with Gasteiger partial charge in [-0.25, -0.2) is 0 Å². The summed E-state index contributed by atoms with van der Waals surface area (Å²) in [6.45, 7) is 8.32. The van der Waals surface area contributed by atoms with E-state index in [-0.39, 0.29) is 5.92 Å². The molecule has 3 saturated heterocycles. The van der Waals surface area contributed by atoms with Gasteiger partial charge in [0.25, 0.3) is 0 Å². The summed E-state index contributed by atoms with van der Waals surface area (Å²) < 4.78 is 0. The summed E-state index contributed by atoms with van der Waals surface area (Å²) in [4.78, 5) is 17.1. The summed E-state index contributed by atoms with van der Waals surface area (Å²) in [6.07, 6.45) is 2.59. The van der Waals surface area contributed by atoms with Crippen LogP contribution in [-0.2, 0) is 4.79 Å². The second kappa shape index (κ2) is 4.58. The van der Waals surface area contributed by atoms with Gasteiger partial charge in [-0.15, -0.1) is 0 Å². The summed E-state index contributed by atoms with van der Waals surface area (Å²) in [5, 5.41) is 3.33. The van der Waals surface area contributed by atoms with Gasteiger partial charge in [-0.05, 0) is 31.8 Å². The van der Waals surface area contributed by atoms with E-state index >= 15 is 0 Å². The number of fused-ring (bicyclic) bond motifs is 1. The molecule has 1 N–H and O–H groups in total. The first-order valence-electron chi connectivity index (χ1n) is 6.99. The van der Waals surface area contributed by atoms with Crippen LogP contribution in [-0.4, -0.2) is 61.0 Å². The van der Waals surface area contributed by atoms with Crippen molar-refractivity contribution in [2.24, 2.45) is 11.8 Å². The largest absolute Gasteiger partial charge is 0.340 e. The Morgan fingerprint density at radius 2 is 2.12 bits per heavy atom. The lowest BCUT2D eigenvalue weighted by atomic mass is 9.96. The molecule has 17 heavy (non-hydrogen) atoms. The van der Waals surface area contributed by atoms with Crippen molar-refractivity contribution in [3.63, 3.8) is 0 Å². The molecule has 0 aromatic heterocycles. The quantitative estimate of drug-likeness (QED) is 0.705. The fourth-order valence-electron chi connectivity index (χ4n) is 3.57. The Bertz CT molecular complexity index is 307. The van der Waals surface area contributed by atoms with Crippen LogP contribution < -0.4 is 5.32 Å². The molecule has 4 heteroatoms. The van der Waals surface area contributed by atoms with Crippen LogP contribution in [0.1, 0.15) is 19.8 Å². The fourth-order valence-corrected chi connectivity index (χ4v) is 3.57. The molecule has 3 aliphatic rings. The predicted molar refractivity (Wildman–Crippen MR) is 66.7 cm³/mol. The first kappa shape index (κ1) is 11.5. The molecule has 3 fully saturated rings. The van der Waals surface area contributed by atoms with Crippen molar-refractivity contribution in [2.45, 2.75) is 25.8 Å². The first-order valence-corrected chi connectivity index (χ1v) is 6.99. The molecule has 96 valence electrons. The van der Waals surface area contributed by atoms with Crippen molar-refractivity contribution in [1.82, 2.24) is 15.1 Å². The van der Waals surface area contributed by atoms with Crippen LogP contribution in [0.25, 0.3) is 0 Å². The van der Waals surface area contributed by atoms with Gasteiger partial charge >= 0.3 is 0 Å². The standard InChI is InChI=1S/C13H23N3O/c1-10-7-14-8-12(10)13(17)16-6-5-15-4-2-3-11(15)9-16/h10-12,14H,2-9H2,1H3. The molecule has 0 aromatic rings. The number of carbonyl (C=O) groups excluding carboxylic acids is 1. The molecule has 3 unspecified atom stereocenters. The molecule has 4 nitrogen and oxygen atoms in total. The number of amides is 1. The van der Waals surface area contributed by atoms with Gasteiger partial charge in [-0.1, -0.05) is 6.92 Å². The van der Waals surface area contributed by atoms with E-state index < -0.39 is 0 Å². The van der Waals surface area contributed by atoms with Crippen molar-refractivity contribution in [2.75, 3.05) is 39.3 Å². The van der Waals surface area contributed by atoms with E-state index in [1.807, 2.05) is 0 Å². The Balaban J connectivity index is 1.62. The molecule has 3 atom stereocenters. The second-order valence-electron chi connectivity index (χ2n) is 5.86. The van der Waals surface area contributed by atoms with Crippen LogP contribution >= 0.6 is 0 Å². The second-order valence-corrected chi connectivity index (χ2v) is 5.86. The average Bonchev–Trinajstić information content (AvgIpc) is 2.95. The summed E-state index contributed by atoms with van der Waals surface area (Å²) in [7, 11) is 0. The molecule has 3 heterocycles. The smallest absolute Gasteiger partial charge is 0.227 e. The Morgan fingerprint density at radius 1 is 1.24 bits per heavy atom. The Labute approximate surface area is 103 Å². The van der Waals surface area contributed by atoms with E-state index in [9.17, 15) is 4.79 Å². The highest BCUT2D eigenvalue weighted by Crippen LogP contribution is 2.25. The first-order chi connectivity index (χ1) is 8.25. The molecule has 0 spiro atoms. The van der Waals surface area contributed by atoms with E-state index in [4.69, 9.17) is 0 Å². The minimum absolute atomic E-state index is 0.225. The molecule has 1 amide bonds. The third-order valence-corrected chi connectivity index (χ3v) is 4.73. The maximum absolute atomic E-state index is 12.5. The lowest BCUT2D eigenvalue weighted by Gasteiger charge is -2.38. The maximum atomic E-state index is 12.5. The van der Waals surface area contributed by atoms with Gasteiger partial charge < -0.3 is 10.2 Å². The van der Waals surface area contributed by atoms with Crippen LogP contribution in [0.2, 0.25) is 0 Å². The van der Waals surface area contributed by atoms with E-state index in [2.05, 4.69) is 22.0 Å². The summed E-state index contributed by atoms with van der Waals surface area (Å²) in [5.74, 6) is 1.13. The van der Waals surface area contributed by atoms with Crippen molar-refractivity contribution in [3.8, 4) is 0 Å². The molecule has 0 aliphatic carbocycles. The molecular weight excluding hydrogens is 214 g/mol. The van der Waals surface area contributed by atoms with Gasteiger partial charge in [-0.3, -0.25) is 9.69 Å².